The molecule has 0 amide bonds. The van der Waals surface area contributed by atoms with Crippen LogP contribution in [-0.4, -0.2) is 69.1 Å². The molecule has 0 bridgehead atoms. The van der Waals surface area contributed by atoms with Gasteiger partial charge >= 0.3 is 11.7 Å². The second-order valence-electron chi connectivity index (χ2n) is 14.6. The fraction of sp³-hybridized carbons (Fsp3) is 0.381. The van der Waals surface area contributed by atoms with Gasteiger partial charge in [-0.05, 0) is 117 Å². The summed E-state index contributed by atoms with van der Waals surface area (Å²) in [4.78, 5) is 29.7. The lowest BCUT2D eigenvalue weighted by molar-refractivity contribution is -0.169. The number of anilines is 1. The number of hydrogen-bond donors (Lipinski definition) is 5. The molecule has 2 aliphatic rings. The van der Waals surface area contributed by atoms with Crippen LogP contribution in [0.15, 0.2) is 92.9 Å². The molecule has 1 fully saturated rings. The number of allylic oxidation sites excluding steroid dienone is 1. The highest BCUT2D eigenvalue weighted by Crippen LogP contribution is 2.39. The molecule has 0 radical (unpaired) electrons. The van der Waals surface area contributed by atoms with Crippen molar-refractivity contribution >= 4 is 51.5 Å². The van der Waals surface area contributed by atoms with Crippen LogP contribution in [0.25, 0.3) is 17.2 Å². The van der Waals surface area contributed by atoms with E-state index in [1.807, 2.05) is 60.2 Å². The molecule has 7 rings (SSSR count). The minimum Gasteiger partial charge on any atom is -0.506 e. The van der Waals surface area contributed by atoms with E-state index in [0.29, 0.717) is 57.8 Å². The highest BCUT2D eigenvalue weighted by atomic mass is 32.1. The van der Waals surface area contributed by atoms with Crippen LogP contribution in [0.5, 0.6) is 5.75 Å². The van der Waals surface area contributed by atoms with Gasteiger partial charge in [-0.15, -0.1) is 22.7 Å². The third-order valence-corrected chi connectivity index (χ3v) is 12.7. The van der Waals surface area contributed by atoms with Gasteiger partial charge in [0.25, 0.3) is 0 Å². The van der Waals surface area contributed by atoms with Gasteiger partial charge in [-0.2, -0.15) is 0 Å². The molecule has 13 heteroatoms. The normalized spacial score (nSPS) is 18.3. The number of phenolic OH excluding ortho intramolecular Hbond substituents is 1. The van der Waals surface area contributed by atoms with Crippen LogP contribution in [0, 0.1) is 0 Å². The minimum absolute atomic E-state index is 0.0284. The van der Waals surface area contributed by atoms with Gasteiger partial charge in [0.1, 0.15) is 11.9 Å². The van der Waals surface area contributed by atoms with Crippen LogP contribution in [0.1, 0.15) is 71.6 Å². The zero-order valence-electron chi connectivity index (χ0n) is 31.1. The van der Waals surface area contributed by atoms with E-state index in [1.54, 1.807) is 28.8 Å². The largest absolute Gasteiger partial charge is 0.506 e. The van der Waals surface area contributed by atoms with Crippen molar-refractivity contribution < 1.29 is 29.3 Å². The summed E-state index contributed by atoms with van der Waals surface area (Å²) in [5.41, 5.74) is 3.19. The molecule has 0 spiro atoms. The molecular formula is C42H48N4O7S2. The van der Waals surface area contributed by atoms with Gasteiger partial charge < -0.3 is 40.0 Å². The number of phenols is 1. The number of nitrogens with zero attached hydrogens (tertiary/aromatic N) is 2. The summed E-state index contributed by atoms with van der Waals surface area (Å²) in [6.07, 6.45) is 7.25. The molecule has 1 aliphatic heterocycles. The van der Waals surface area contributed by atoms with Crippen LogP contribution in [0.3, 0.4) is 0 Å². The Kier molecular flexibility index (Phi) is 11.8. The van der Waals surface area contributed by atoms with Crippen LogP contribution in [0.2, 0.25) is 0 Å². The van der Waals surface area contributed by atoms with E-state index in [2.05, 4.69) is 29.2 Å². The summed E-state index contributed by atoms with van der Waals surface area (Å²) >= 11 is 2.68. The number of aromatic nitrogens is 1. The predicted octanol–water partition coefficient (Wildman–Crippen LogP) is 6.74. The lowest BCUT2D eigenvalue weighted by atomic mass is 9.91. The molecule has 2 aromatic carbocycles. The molecule has 55 heavy (non-hydrogen) atoms. The maximum Gasteiger partial charge on any atom is 0.419 e. The highest BCUT2D eigenvalue weighted by molar-refractivity contribution is 7.12. The Hall–Kier alpha value is -4.50. The number of aliphatic hydroxyl groups is 2. The Morgan fingerprint density at radius 3 is 2.53 bits per heavy atom. The van der Waals surface area contributed by atoms with Gasteiger partial charge in [0.15, 0.2) is 5.58 Å². The number of aliphatic hydroxyl groups excluding tert-OH is 1. The third-order valence-electron chi connectivity index (χ3n) is 10.8. The number of esters is 1. The van der Waals surface area contributed by atoms with E-state index in [1.165, 1.54) is 22.7 Å². The topological polar surface area (TPSA) is 149 Å². The summed E-state index contributed by atoms with van der Waals surface area (Å²) in [7, 11) is 2.10. The summed E-state index contributed by atoms with van der Waals surface area (Å²) in [5.74, 6) is -0.886. The Labute approximate surface area is 328 Å². The number of carbonyl (C=O) groups is 1. The first-order chi connectivity index (χ1) is 26.5. The molecule has 290 valence electrons. The smallest absolute Gasteiger partial charge is 0.419 e. The number of aryl methyl sites for hydroxylation is 1. The maximum absolute atomic E-state index is 13.4. The highest BCUT2D eigenvalue weighted by Gasteiger charge is 2.45. The lowest BCUT2D eigenvalue weighted by Gasteiger charge is -2.35. The molecule has 3 aromatic heterocycles. The van der Waals surface area contributed by atoms with Crippen molar-refractivity contribution in [3.63, 3.8) is 0 Å². The van der Waals surface area contributed by atoms with E-state index in [0.717, 1.165) is 55.3 Å². The van der Waals surface area contributed by atoms with Crippen molar-refractivity contribution in [3.8, 4) is 5.75 Å². The number of oxazole rings is 1. The van der Waals surface area contributed by atoms with Gasteiger partial charge in [0, 0.05) is 36.4 Å². The standard InChI is InChI=1S/C42H48N4O7S2/c1-26-9-15-32-31(16-18-34(47)39(32)44-26)35(48)25-43-27(2)23-28-10-17-33-36(24-28)53-41(50)46(33)20-6-19-45(3)29-11-13-30(14-12-29)52-40(49)42(51,37-7-4-21-54-37)38-8-5-22-55-38/h4-5,7-10,15-18,21-22,24,27,29-30,35,43-44,47-48,51H,1,6,11-14,19-20,23,25H2,2-3H3/t27?,29?,30?,35-/m0/s1. The van der Waals surface area contributed by atoms with Crippen LogP contribution >= 0.6 is 22.7 Å². The van der Waals surface area contributed by atoms with Crippen molar-refractivity contribution in [2.24, 2.45) is 0 Å². The van der Waals surface area contributed by atoms with Gasteiger partial charge in [0.05, 0.1) is 27.1 Å². The Morgan fingerprint density at radius 1 is 1.11 bits per heavy atom. The van der Waals surface area contributed by atoms with Crippen molar-refractivity contribution in [1.29, 1.82) is 0 Å². The molecule has 1 unspecified atom stereocenters. The first-order valence-corrected chi connectivity index (χ1v) is 20.5. The maximum atomic E-state index is 13.4. The van der Waals surface area contributed by atoms with E-state index < -0.39 is 17.7 Å². The van der Waals surface area contributed by atoms with Gasteiger partial charge in [0.2, 0.25) is 5.60 Å². The number of rotatable bonds is 15. The predicted molar refractivity (Wildman–Crippen MR) is 218 cm³/mol. The SMILES string of the molecule is C=C1C=Cc2c([C@@H](O)CNC(C)Cc3ccc4c(c3)oc(=O)n4CCCN(C)C3CCC(OC(=O)C(O)(c4cccs4)c4cccs4)CC3)ccc(O)c2N1. The van der Waals surface area contributed by atoms with Gasteiger partial charge in [-0.1, -0.05) is 36.9 Å². The molecular weight excluding hydrogens is 737 g/mol. The second-order valence-corrected chi connectivity index (χ2v) is 16.5. The first-order valence-electron chi connectivity index (χ1n) is 18.8. The Bertz CT molecular complexity index is 2170. The summed E-state index contributed by atoms with van der Waals surface area (Å²) in [5, 5.41) is 43.0. The van der Waals surface area contributed by atoms with Gasteiger partial charge in [-0.3, -0.25) is 4.57 Å². The summed E-state index contributed by atoms with van der Waals surface area (Å²) in [6.45, 7) is 7.58. The fourth-order valence-electron chi connectivity index (χ4n) is 7.70. The fourth-order valence-corrected chi connectivity index (χ4v) is 9.42. The number of thiophene rings is 2. The van der Waals surface area contributed by atoms with E-state index in [9.17, 15) is 24.9 Å². The Balaban J connectivity index is 0.872. The molecule has 1 aliphatic carbocycles. The summed E-state index contributed by atoms with van der Waals surface area (Å²) < 4.78 is 13.3. The molecule has 5 N–H and O–H groups in total. The van der Waals surface area contributed by atoms with Crippen LogP contribution in [0.4, 0.5) is 5.69 Å². The molecule has 5 aromatic rings. The van der Waals surface area contributed by atoms with Crippen molar-refractivity contribution in [2.45, 2.75) is 81.9 Å². The number of ether oxygens (including phenoxy) is 1. The quantitative estimate of drug-likeness (QED) is 0.0571. The van der Waals surface area contributed by atoms with Crippen molar-refractivity contribution in [1.82, 2.24) is 14.8 Å². The zero-order chi connectivity index (χ0) is 38.7. The average Bonchev–Trinajstić information content (AvgIpc) is 3.97. The van der Waals surface area contributed by atoms with E-state index >= 15 is 0 Å². The van der Waals surface area contributed by atoms with Crippen molar-refractivity contribution in [3.05, 3.63) is 121 Å². The van der Waals surface area contributed by atoms with Gasteiger partial charge in [-0.25, -0.2) is 9.59 Å². The molecule has 1 saturated carbocycles. The Morgan fingerprint density at radius 2 is 1.84 bits per heavy atom. The number of nitrogens with one attached hydrogen (secondary N) is 2. The molecule has 0 saturated heterocycles. The summed E-state index contributed by atoms with van der Waals surface area (Å²) in [6, 6.07) is 16.7. The third kappa shape index (κ3) is 8.37. The molecule has 11 nitrogen and oxygen atoms in total. The van der Waals surface area contributed by atoms with Crippen molar-refractivity contribution in [2.75, 3.05) is 25.5 Å². The average molecular weight is 785 g/mol. The monoisotopic (exact) mass is 784 g/mol. The lowest BCUT2D eigenvalue weighted by Crippen LogP contribution is -2.42. The molecule has 2 atom stereocenters. The number of fused-ring (bicyclic) bond motifs is 2. The number of hydrogen-bond acceptors (Lipinski definition) is 12. The number of aromatic hydroxyl groups is 1. The number of benzene rings is 2. The van der Waals surface area contributed by atoms with Crippen LogP contribution < -0.4 is 16.4 Å². The van der Waals surface area contributed by atoms with E-state index in [4.69, 9.17) is 9.15 Å². The van der Waals surface area contributed by atoms with Crippen LogP contribution in [-0.2, 0) is 28.1 Å². The zero-order valence-corrected chi connectivity index (χ0v) is 32.7. The first kappa shape index (κ1) is 38.8. The second kappa shape index (κ2) is 16.7. The number of carbonyl (C=O) groups excluding carboxylic acids is 1. The minimum atomic E-state index is -1.79. The van der Waals surface area contributed by atoms with E-state index in [-0.39, 0.29) is 23.7 Å². The molecule has 4 heterocycles.